The summed E-state index contributed by atoms with van der Waals surface area (Å²) in [6.07, 6.45) is 0. The monoisotopic (exact) mass is 334 g/mol. The second kappa shape index (κ2) is 5.20. The summed E-state index contributed by atoms with van der Waals surface area (Å²) in [4.78, 5) is 30.4. The topological polar surface area (TPSA) is 107 Å². The van der Waals surface area contributed by atoms with Crippen molar-refractivity contribution >= 4 is 20.9 Å². The van der Waals surface area contributed by atoms with E-state index in [4.69, 9.17) is 0 Å². The first-order valence-electron chi connectivity index (χ1n) is 6.73. The third kappa shape index (κ3) is 2.59. The number of hydrogen-bond donors (Lipinski definition) is 1. The van der Waals surface area contributed by atoms with E-state index in [9.17, 15) is 18.0 Å². The highest BCUT2D eigenvalue weighted by molar-refractivity contribution is 7.90. The Kier molecular flexibility index (Phi) is 3.44. The Balaban J connectivity index is 2.08. The molecule has 2 aromatic heterocycles. The zero-order chi connectivity index (χ0) is 16.8. The number of hydrogen-bond acceptors (Lipinski definition) is 5. The molecule has 0 aliphatic carbocycles. The van der Waals surface area contributed by atoms with Crippen molar-refractivity contribution in [3.8, 4) is 0 Å². The van der Waals surface area contributed by atoms with Gasteiger partial charge in [0.1, 0.15) is 0 Å². The molecule has 120 valence electrons. The van der Waals surface area contributed by atoms with E-state index in [1.807, 2.05) is 0 Å². The van der Waals surface area contributed by atoms with Crippen LogP contribution in [0.3, 0.4) is 0 Å². The first-order valence-corrected chi connectivity index (χ1v) is 8.38. The lowest BCUT2D eigenvalue weighted by Crippen LogP contribution is -2.38. The molecule has 1 N–H and O–H groups in total. The van der Waals surface area contributed by atoms with Crippen LogP contribution >= 0.6 is 0 Å². The van der Waals surface area contributed by atoms with Crippen LogP contribution in [-0.2, 0) is 29.7 Å². The molecule has 0 spiro atoms. The van der Waals surface area contributed by atoms with Crippen molar-refractivity contribution < 1.29 is 8.42 Å². The highest BCUT2D eigenvalue weighted by atomic mass is 32.2. The zero-order valence-corrected chi connectivity index (χ0v) is 13.3. The number of fused-ring (bicyclic) bond motifs is 1. The number of aromatic nitrogens is 4. The Morgan fingerprint density at radius 1 is 1.13 bits per heavy atom. The standard InChI is InChI=1S/C14H14N4O4S/c1-17-9(7-12(19)18(2)14(17)20)8-23(21,22)13-15-10-5-3-4-6-11(10)16-13/h3-7H,8H2,1-2H3,(H,15,16). The summed E-state index contributed by atoms with van der Waals surface area (Å²) in [6.45, 7) is 0. The van der Waals surface area contributed by atoms with E-state index in [2.05, 4.69) is 9.97 Å². The average Bonchev–Trinajstić information content (AvgIpc) is 2.95. The van der Waals surface area contributed by atoms with E-state index in [0.717, 1.165) is 15.2 Å². The van der Waals surface area contributed by atoms with Crippen molar-refractivity contribution in [3.63, 3.8) is 0 Å². The Hall–Kier alpha value is -2.68. The quantitative estimate of drug-likeness (QED) is 0.722. The van der Waals surface area contributed by atoms with E-state index in [1.165, 1.54) is 14.1 Å². The van der Waals surface area contributed by atoms with Crippen LogP contribution in [0, 0.1) is 0 Å². The molecule has 0 aliphatic heterocycles. The third-order valence-electron chi connectivity index (χ3n) is 3.63. The molecule has 9 heteroatoms. The summed E-state index contributed by atoms with van der Waals surface area (Å²) >= 11 is 0. The Labute approximate surface area is 131 Å². The van der Waals surface area contributed by atoms with Gasteiger partial charge in [-0.05, 0) is 12.1 Å². The largest absolute Gasteiger partial charge is 0.330 e. The van der Waals surface area contributed by atoms with Crippen LogP contribution in [0.1, 0.15) is 5.69 Å². The highest BCUT2D eigenvalue weighted by Gasteiger charge is 2.22. The Bertz CT molecular complexity index is 1090. The number of aromatic amines is 1. The van der Waals surface area contributed by atoms with Gasteiger partial charge in [0.05, 0.1) is 16.8 Å². The van der Waals surface area contributed by atoms with Gasteiger partial charge in [-0.25, -0.2) is 18.2 Å². The summed E-state index contributed by atoms with van der Waals surface area (Å²) in [5.41, 5.74) is 0.113. The number of imidazole rings is 1. The molecule has 0 atom stereocenters. The first-order chi connectivity index (χ1) is 10.8. The lowest BCUT2D eigenvalue weighted by atomic mass is 10.3. The lowest BCUT2D eigenvalue weighted by Gasteiger charge is -2.08. The molecule has 1 aromatic carbocycles. The average molecular weight is 334 g/mol. The molecule has 0 aliphatic rings. The number of rotatable bonds is 3. The van der Waals surface area contributed by atoms with E-state index >= 15 is 0 Å². The van der Waals surface area contributed by atoms with Gasteiger partial charge in [-0.2, -0.15) is 0 Å². The maximum Gasteiger partial charge on any atom is 0.330 e. The first kappa shape index (κ1) is 15.2. The molecule has 23 heavy (non-hydrogen) atoms. The van der Waals surface area contributed by atoms with Crippen LogP contribution in [0.2, 0.25) is 0 Å². The van der Waals surface area contributed by atoms with Gasteiger partial charge in [0, 0.05) is 25.9 Å². The predicted octanol–water partition coefficient (Wildman–Crippen LogP) is -0.0658. The molecule has 0 fully saturated rings. The fourth-order valence-corrected chi connectivity index (χ4v) is 3.56. The fourth-order valence-electron chi connectivity index (χ4n) is 2.26. The van der Waals surface area contributed by atoms with Gasteiger partial charge in [0.2, 0.25) is 15.0 Å². The number of benzene rings is 1. The van der Waals surface area contributed by atoms with Gasteiger partial charge in [-0.1, -0.05) is 12.1 Å². The maximum absolute atomic E-state index is 12.5. The summed E-state index contributed by atoms with van der Waals surface area (Å²) in [7, 11) is -1.06. The van der Waals surface area contributed by atoms with Crippen LogP contribution < -0.4 is 11.2 Å². The van der Waals surface area contributed by atoms with Crippen LogP contribution in [0.4, 0.5) is 0 Å². The van der Waals surface area contributed by atoms with Gasteiger partial charge < -0.3 is 4.98 Å². The smallest absolute Gasteiger partial charge is 0.329 e. The summed E-state index contributed by atoms with van der Waals surface area (Å²) < 4.78 is 27.1. The third-order valence-corrected chi connectivity index (χ3v) is 5.08. The molecular weight excluding hydrogens is 320 g/mol. The fraction of sp³-hybridized carbons (Fsp3) is 0.214. The normalized spacial score (nSPS) is 11.9. The van der Waals surface area contributed by atoms with Crippen LogP contribution in [-0.4, -0.2) is 27.5 Å². The maximum atomic E-state index is 12.5. The summed E-state index contributed by atoms with van der Waals surface area (Å²) in [5.74, 6) is -0.491. The molecule has 0 radical (unpaired) electrons. The summed E-state index contributed by atoms with van der Waals surface area (Å²) in [5, 5.41) is -0.188. The van der Waals surface area contributed by atoms with E-state index in [1.54, 1.807) is 24.3 Å². The van der Waals surface area contributed by atoms with Crippen molar-refractivity contribution in [3.05, 3.63) is 56.9 Å². The van der Waals surface area contributed by atoms with Gasteiger partial charge >= 0.3 is 5.69 Å². The molecule has 3 aromatic rings. The highest BCUT2D eigenvalue weighted by Crippen LogP contribution is 2.17. The number of H-pyrrole nitrogens is 1. The zero-order valence-electron chi connectivity index (χ0n) is 12.5. The van der Waals surface area contributed by atoms with Gasteiger partial charge in [-0.3, -0.25) is 13.9 Å². The second-order valence-corrected chi connectivity index (χ2v) is 7.10. The number of nitrogens with one attached hydrogen (secondary N) is 1. The number of nitrogens with zero attached hydrogens (tertiary/aromatic N) is 3. The SMILES string of the molecule is Cn1c(CS(=O)(=O)c2nc3ccccc3[nH]2)cc(=O)n(C)c1=O. The molecule has 0 saturated heterocycles. The minimum Gasteiger partial charge on any atom is -0.329 e. The van der Waals surface area contributed by atoms with E-state index in [-0.39, 0.29) is 10.9 Å². The molecular formula is C14H14N4O4S. The second-order valence-electron chi connectivity index (χ2n) is 5.19. The number of sulfone groups is 1. The van der Waals surface area contributed by atoms with Crippen molar-refractivity contribution in [2.45, 2.75) is 10.9 Å². The minimum atomic E-state index is -3.82. The van der Waals surface area contributed by atoms with Crippen molar-refractivity contribution in [1.82, 2.24) is 19.1 Å². The Morgan fingerprint density at radius 3 is 2.52 bits per heavy atom. The Morgan fingerprint density at radius 2 is 1.83 bits per heavy atom. The van der Waals surface area contributed by atoms with Crippen LogP contribution in [0.15, 0.2) is 45.1 Å². The minimum absolute atomic E-state index is 0.110. The molecule has 3 rings (SSSR count). The van der Waals surface area contributed by atoms with Gasteiger partial charge in [0.15, 0.2) is 0 Å². The van der Waals surface area contributed by atoms with Crippen LogP contribution in [0.5, 0.6) is 0 Å². The van der Waals surface area contributed by atoms with Crippen molar-refractivity contribution in [1.29, 1.82) is 0 Å². The van der Waals surface area contributed by atoms with E-state index in [0.29, 0.717) is 11.0 Å². The van der Waals surface area contributed by atoms with Gasteiger partial charge in [-0.15, -0.1) is 0 Å². The number of para-hydroxylation sites is 2. The predicted molar refractivity (Wildman–Crippen MR) is 83.9 cm³/mol. The molecule has 8 nitrogen and oxygen atoms in total. The van der Waals surface area contributed by atoms with Crippen molar-refractivity contribution in [2.75, 3.05) is 0 Å². The summed E-state index contributed by atoms with van der Waals surface area (Å²) in [6, 6.07) is 8.07. The molecule has 0 bridgehead atoms. The molecule has 0 saturated carbocycles. The van der Waals surface area contributed by atoms with Crippen molar-refractivity contribution in [2.24, 2.45) is 14.1 Å². The molecule has 2 heterocycles. The lowest BCUT2D eigenvalue weighted by molar-refractivity contribution is 0.583. The molecule has 0 unspecified atom stereocenters. The molecule has 0 amide bonds. The van der Waals surface area contributed by atoms with Crippen LogP contribution in [0.25, 0.3) is 11.0 Å². The van der Waals surface area contributed by atoms with E-state index < -0.39 is 26.8 Å². The van der Waals surface area contributed by atoms with Gasteiger partial charge in [0.25, 0.3) is 5.56 Å².